The molecule has 0 saturated carbocycles. The lowest BCUT2D eigenvalue weighted by atomic mass is 10.1. The van der Waals surface area contributed by atoms with E-state index in [0.717, 1.165) is 19.3 Å². The quantitative estimate of drug-likeness (QED) is 0.758. The highest BCUT2D eigenvalue weighted by atomic mass is 32.2. The molecule has 0 aromatic carbocycles. The van der Waals surface area contributed by atoms with Gasteiger partial charge in [0.05, 0.1) is 11.9 Å². The van der Waals surface area contributed by atoms with Gasteiger partial charge in [0.2, 0.25) is 15.0 Å². The van der Waals surface area contributed by atoms with Crippen LogP contribution in [0, 0.1) is 0 Å². The van der Waals surface area contributed by atoms with E-state index >= 15 is 0 Å². The number of aryl methyl sites for hydroxylation is 1. The molecular formula is C9H15N3O3S. The molecule has 0 radical (unpaired) electrons. The summed E-state index contributed by atoms with van der Waals surface area (Å²) in [5, 5.41) is 3.78. The Morgan fingerprint density at radius 2 is 2.38 bits per heavy atom. The first-order valence-corrected chi connectivity index (χ1v) is 6.93. The Hall–Kier alpha value is -0.950. The van der Waals surface area contributed by atoms with Crippen molar-refractivity contribution < 1.29 is 13.2 Å². The van der Waals surface area contributed by atoms with Crippen molar-refractivity contribution >= 4 is 9.84 Å². The Morgan fingerprint density at radius 3 is 2.94 bits per heavy atom. The Balaban J connectivity index is 2.11. The number of nitrogens with zero attached hydrogens (tertiary/aromatic N) is 3. The Bertz CT molecular complexity index is 448. The highest BCUT2D eigenvalue weighted by molar-refractivity contribution is 7.91. The molecule has 1 fully saturated rings. The Morgan fingerprint density at radius 1 is 1.56 bits per heavy atom. The molecule has 1 saturated heterocycles. The third-order valence-corrected chi connectivity index (χ3v) is 4.36. The zero-order valence-electron chi connectivity index (χ0n) is 9.16. The number of hydrogen-bond acceptors (Lipinski definition) is 5. The van der Waals surface area contributed by atoms with Crippen LogP contribution in [0.5, 0.6) is 0 Å². The highest BCUT2D eigenvalue weighted by Crippen LogP contribution is 2.17. The summed E-state index contributed by atoms with van der Waals surface area (Å²) in [7, 11) is -1.81. The minimum Gasteiger partial charge on any atom is -0.377 e. The Kier molecular flexibility index (Phi) is 3.25. The molecule has 0 N–H and O–H groups in total. The summed E-state index contributed by atoms with van der Waals surface area (Å²) in [5.74, 6) is -0.000463. The van der Waals surface area contributed by atoms with E-state index in [1.54, 1.807) is 7.05 Å². The number of aromatic nitrogens is 3. The van der Waals surface area contributed by atoms with Gasteiger partial charge < -0.3 is 4.74 Å². The zero-order valence-corrected chi connectivity index (χ0v) is 9.98. The molecule has 6 nitrogen and oxygen atoms in total. The van der Waals surface area contributed by atoms with Crippen molar-refractivity contribution in [3.8, 4) is 0 Å². The van der Waals surface area contributed by atoms with Gasteiger partial charge in [0.1, 0.15) is 6.33 Å². The number of sulfone groups is 1. The molecule has 0 unspecified atom stereocenters. The van der Waals surface area contributed by atoms with Crippen molar-refractivity contribution in [2.24, 2.45) is 7.05 Å². The average Bonchev–Trinajstić information content (AvgIpc) is 2.66. The first-order valence-electron chi connectivity index (χ1n) is 5.28. The summed E-state index contributed by atoms with van der Waals surface area (Å²) in [5.41, 5.74) is 0. The molecule has 2 heterocycles. The summed E-state index contributed by atoms with van der Waals surface area (Å²) in [6, 6.07) is 0. The van der Waals surface area contributed by atoms with Crippen LogP contribution >= 0.6 is 0 Å². The third-order valence-electron chi connectivity index (χ3n) is 2.63. The molecule has 1 aliphatic heterocycles. The van der Waals surface area contributed by atoms with Crippen LogP contribution < -0.4 is 0 Å². The number of ether oxygens (including phenoxy) is 1. The molecule has 1 aromatic rings. The van der Waals surface area contributed by atoms with E-state index < -0.39 is 9.84 Å². The second kappa shape index (κ2) is 4.50. The van der Waals surface area contributed by atoms with Gasteiger partial charge in [0, 0.05) is 13.7 Å². The molecule has 0 bridgehead atoms. The van der Waals surface area contributed by atoms with E-state index in [0.29, 0.717) is 6.61 Å². The molecule has 1 atom stereocenters. The molecule has 1 aromatic heterocycles. The SMILES string of the molecule is Cn1ncnc1S(=O)(=O)C[C@H]1CCCCO1. The summed E-state index contributed by atoms with van der Waals surface area (Å²) in [6.07, 6.45) is 3.89. The average molecular weight is 245 g/mol. The fraction of sp³-hybridized carbons (Fsp3) is 0.778. The van der Waals surface area contributed by atoms with Crippen LogP contribution in [0.15, 0.2) is 11.5 Å². The van der Waals surface area contributed by atoms with Crippen LogP contribution in [0.4, 0.5) is 0 Å². The first kappa shape index (κ1) is 11.5. The van der Waals surface area contributed by atoms with E-state index in [-0.39, 0.29) is 17.0 Å². The minimum atomic E-state index is -3.38. The first-order chi connectivity index (χ1) is 7.59. The minimum absolute atomic E-state index is 0.000463. The summed E-state index contributed by atoms with van der Waals surface area (Å²) in [4.78, 5) is 3.76. The van der Waals surface area contributed by atoms with Crippen LogP contribution in [0.3, 0.4) is 0 Å². The predicted octanol–water partition coefficient (Wildman–Crippen LogP) is 0.158. The van der Waals surface area contributed by atoms with Gasteiger partial charge >= 0.3 is 0 Å². The van der Waals surface area contributed by atoms with Crippen LogP contribution in [0.1, 0.15) is 19.3 Å². The number of hydrogen-bond donors (Lipinski definition) is 0. The highest BCUT2D eigenvalue weighted by Gasteiger charge is 2.26. The summed E-state index contributed by atoms with van der Waals surface area (Å²) < 4.78 is 30.6. The molecular weight excluding hydrogens is 230 g/mol. The maximum Gasteiger partial charge on any atom is 0.245 e. The van der Waals surface area contributed by atoms with E-state index in [4.69, 9.17) is 4.74 Å². The largest absolute Gasteiger partial charge is 0.377 e. The molecule has 0 aliphatic carbocycles. The van der Waals surface area contributed by atoms with Gasteiger partial charge in [-0.3, -0.25) is 0 Å². The smallest absolute Gasteiger partial charge is 0.245 e. The molecule has 0 amide bonds. The lowest BCUT2D eigenvalue weighted by Crippen LogP contribution is -2.28. The molecule has 7 heteroatoms. The zero-order chi connectivity index (χ0) is 11.6. The van der Waals surface area contributed by atoms with Crippen molar-refractivity contribution in [2.45, 2.75) is 30.5 Å². The van der Waals surface area contributed by atoms with Crippen LogP contribution in [-0.4, -0.2) is 41.6 Å². The second-order valence-electron chi connectivity index (χ2n) is 3.94. The fourth-order valence-electron chi connectivity index (χ4n) is 1.83. The lowest BCUT2D eigenvalue weighted by molar-refractivity contribution is 0.0304. The van der Waals surface area contributed by atoms with Crippen molar-refractivity contribution in [1.82, 2.24) is 14.8 Å². The molecule has 16 heavy (non-hydrogen) atoms. The summed E-state index contributed by atoms with van der Waals surface area (Å²) in [6.45, 7) is 0.652. The predicted molar refractivity (Wildman–Crippen MR) is 56.6 cm³/mol. The maximum absolute atomic E-state index is 12.0. The molecule has 90 valence electrons. The lowest BCUT2D eigenvalue weighted by Gasteiger charge is -2.21. The topological polar surface area (TPSA) is 74.1 Å². The van der Waals surface area contributed by atoms with Crippen molar-refractivity contribution in [3.63, 3.8) is 0 Å². The van der Waals surface area contributed by atoms with Gasteiger partial charge in [-0.1, -0.05) is 0 Å². The van der Waals surface area contributed by atoms with Crippen LogP contribution in [0.25, 0.3) is 0 Å². The van der Waals surface area contributed by atoms with Crippen molar-refractivity contribution in [1.29, 1.82) is 0 Å². The van der Waals surface area contributed by atoms with Gasteiger partial charge in [-0.15, -0.1) is 0 Å². The standard InChI is InChI=1S/C9H15N3O3S/c1-12-9(10-7-11-12)16(13,14)6-8-4-2-3-5-15-8/h7-8H,2-6H2,1H3/t8-/m1/s1. The fourth-order valence-corrected chi connectivity index (χ4v) is 3.38. The van der Waals surface area contributed by atoms with Crippen molar-refractivity contribution in [2.75, 3.05) is 12.4 Å². The third kappa shape index (κ3) is 2.41. The maximum atomic E-state index is 12.0. The van der Waals surface area contributed by atoms with Gasteiger partial charge in [0.25, 0.3) is 0 Å². The molecule has 1 aliphatic rings. The van der Waals surface area contributed by atoms with E-state index in [2.05, 4.69) is 10.1 Å². The van der Waals surface area contributed by atoms with Crippen LogP contribution in [0.2, 0.25) is 0 Å². The van der Waals surface area contributed by atoms with Crippen molar-refractivity contribution in [3.05, 3.63) is 6.33 Å². The normalized spacial score (nSPS) is 22.2. The number of rotatable bonds is 3. The second-order valence-corrected chi connectivity index (χ2v) is 5.86. The summed E-state index contributed by atoms with van der Waals surface area (Å²) >= 11 is 0. The van der Waals surface area contributed by atoms with Gasteiger partial charge in [-0.2, -0.15) is 5.10 Å². The van der Waals surface area contributed by atoms with E-state index in [1.165, 1.54) is 11.0 Å². The van der Waals surface area contributed by atoms with Crippen LogP contribution in [-0.2, 0) is 21.6 Å². The van der Waals surface area contributed by atoms with E-state index in [1.807, 2.05) is 0 Å². The monoisotopic (exact) mass is 245 g/mol. The molecule has 2 rings (SSSR count). The Labute approximate surface area is 94.5 Å². The molecule has 0 spiro atoms. The van der Waals surface area contributed by atoms with E-state index in [9.17, 15) is 8.42 Å². The van der Waals surface area contributed by atoms with Gasteiger partial charge in [-0.25, -0.2) is 18.1 Å². The van der Waals surface area contributed by atoms with Gasteiger partial charge in [-0.05, 0) is 19.3 Å². The van der Waals surface area contributed by atoms with Gasteiger partial charge in [0.15, 0.2) is 0 Å².